The molecule has 0 saturated heterocycles. The summed E-state index contributed by atoms with van der Waals surface area (Å²) in [5, 5.41) is 14.0. The van der Waals surface area contributed by atoms with Crippen molar-refractivity contribution in [3.8, 4) is 0 Å². The third-order valence-electron chi connectivity index (χ3n) is 1.53. The molecule has 0 aliphatic carbocycles. The molecule has 7 heteroatoms. The maximum atomic E-state index is 12.2. The Morgan fingerprint density at radius 2 is 2.23 bits per heavy atom. The number of alkyl halides is 3. The van der Waals surface area contributed by atoms with Gasteiger partial charge in [-0.3, -0.25) is 5.10 Å². The van der Waals surface area contributed by atoms with E-state index >= 15 is 0 Å². The van der Waals surface area contributed by atoms with Gasteiger partial charge in [-0.25, -0.2) is 0 Å². The van der Waals surface area contributed by atoms with Crippen LogP contribution in [0.25, 0.3) is 0 Å². The smallest absolute Gasteiger partial charge is 0.387 e. The normalized spacial score (nSPS) is 14.5. The fourth-order valence-corrected chi connectivity index (χ4v) is 0.902. The number of aliphatic hydroxyl groups is 1. The van der Waals surface area contributed by atoms with Crippen molar-refractivity contribution >= 4 is 0 Å². The van der Waals surface area contributed by atoms with Crippen LogP contribution < -0.4 is 5.73 Å². The molecule has 0 aliphatic heterocycles. The van der Waals surface area contributed by atoms with Crippen LogP contribution in [0.1, 0.15) is 17.4 Å². The number of hydrogen-bond acceptors (Lipinski definition) is 3. The second-order valence-corrected chi connectivity index (χ2v) is 2.45. The monoisotopic (exact) mass is 195 g/mol. The number of nitrogens with zero attached hydrogens (tertiary/aromatic N) is 1. The molecule has 0 aliphatic rings. The van der Waals surface area contributed by atoms with Crippen molar-refractivity contribution in [2.75, 3.05) is 6.54 Å². The summed E-state index contributed by atoms with van der Waals surface area (Å²) in [4.78, 5) is 0. The molecule has 0 saturated carbocycles. The van der Waals surface area contributed by atoms with Crippen LogP contribution in [-0.2, 0) is 6.18 Å². The molecule has 0 unspecified atom stereocenters. The maximum absolute atomic E-state index is 12.2. The minimum absolute atomic E-state index is 0.275. The molecule has 1 aromatic heterocycles. The lowest BCUT2D eigenvalue weighted by Gasteiger charge is -2.10. The highest BCUT2D eigenvalue weighted by Crippen LogP contribution is 2.32. The van der Waals surface area contributed by atoms with Gasteiger partial charge in [-0.05, 0) is 0 Å². The summed E-state index contributed by atoms with van der Waals surface area (Å²) in [5.41, 5.74) is 3.64. The van der Waals surface area contributed by atoms with E-state index in [-0.39, 0.29) is 12.1 Å². The minimum atomic E-state index is -4.54. The quantitative estimate of drug-likeness (QED) is 0.640. The molecule has 0 amide bonds. The van der Waals surface area contributed by atoms with Gasteiger partial charge < -0.3 is 10.8 Å². The van der Waals surface area contributed by atoms with E-state index in [2.05, 4.69) is 5.10 Å². The summed E-state index contributed by atoms with van der Waals surface area (Å²) in [6, 6.07) is 0. The second-order valence-electron chi connectivity index (χ2n) is 2.45. The molecule has 0 aromatic carbocycles. The third-order valence-corrected chi connectivity index (χ3v) is 1.53. The number of aliphatic hydroxyl groups excluding tert-OH is 1. The molecule has 0 fully saturated rings. The van der Waals surface area contributed by atoms with Gasteiger partial charge in [-0.15, -0.1) is 0 Å². The van der Waals surface area contributed by atoms with E-state index in [4.69, 9.17) is 10.8 Å². The van der Waals surface area contributed by atoms with Gasteiger partial charge in [-0.1, -0.05) is 0 Å². The molecule has 0 bridgehead atoms. The molecule has 1 atom stereocenters. The first-order valence-corrected chi connectivity index (χ1v) is 3.45. The number of nitrogens with two attached hydrogens (primary N) is 1. The lowest BCUT2D eigenvalue weighted by atomic mass is 10.1. The number of halogens is 3. The molecule has 1 rings (SSSR count). The Morgan fingerprint density at radius 3 is 2.69 bits per heavy atom. The number of hydrogen-bond donors (Lipinski definition) is 3. The van der Waals surface area contributed by atoms with Crippen LogP contribution in [0, 0.1) is 0 Å². The second kappa shape index (κ2) is 3.35. The summed E-state index contributed by atoms with van der Waals surface area (Å²) in [7, 11) is 0. The first kappa shape index (κ1) is 10.0. The summed E-state index contributed by atoms with van der Waals surface area (Å²) in [5.74, 6) is 0. The maximum Gasteiger partial charge on any atom is 0.433 e. The van der Waals surface area contributed by atoms with Gasteiger partial charge in [0.25, 0.3) is 0 Å². The molecule has 13 heavy (non-hydrogen) atoms. The zero-order chi connectivity index (χ0) is 10.1. The first-order chi connectivity index (χ1) is 5.96. The SMILES string of the molecule is NC[C@H](O)c1cn[nH]c1C(F)(F)F. The Labute approximate surface area is 71.6 Å². The lowest BCUT2D eigenvalue weighted by Crippen LogP contribution is -2.16. The third kappa shape index (κ3) is 1.99. The predicted octanol–water partition coefficient (Wildman–Crippen LogP) is 0.421. The van der Waals surface area contributed by atoms with Crippen molar-refractivity contribution < 1.29 is 18.3 Å². The number of nitrogens with one attached hydrogen (secondary N) is 1. The van der Waals surface area contributed by atoms with E-state index < -0.39 is 18.0 Å². The van der Waals surface area contributed by atoms with E-state index in [9.17, 15) is 13.2 Å². The Bertz CT molecular complexity index is 283. The van der Waals surface area contributed by atoms with Gasteiger partial charge in [0.05, 0.1) is 12.3 Å². The van der Waals surface area contributed by atoms with Crippen LogP contribution in [-0.4, -0.2) is 21.8 Å². The molecular weight excluding hydrogens is 187 g/mol. The van der Waals surface area contributed by atoms with E-state index in [0.717, 1.165) is 6.20 Å². The fourth-order valence-electron chi connectivity index (χ4n) is 0.902. The van der Waals surface area contributed by atoms with Crippen LogP contribution in [0.2, 0.25) is 0 Å². The highest BCUT2D eigenvalue weighted by molar-refractivity contribution is 5.22. The van der Waals surface area contributed by atoms with Crippen LogP contribution in [0.5, 0.6) is 0 Å². The van der Waals surface area contributed by atoms with Crippen LogP contribution in [0.15, 0.2) is 6.20 Å². The van der Waals surface area contributed by atoms with E-state index in [0.29, 0.717) is 0 Å². The standard InChI is InChI=1S/C6H8F3N3O/c7-6(8,9)5-3(2-11-12-5)4(13)1-10/h2,4,13H,1,10H2,(H,11,12)/t4-/m0/s1. The first-order valence-electron chi connectivity index (χ1n) is 3.45. The van der Waals surface area contributed by atoms with Crippen molar-refractivity contribution in [3.63, 3.8) is 0 Å². The predicted molar refractivity (Wildman–Crippen MR) is 37.6 cm³/mol. The molecule has 0 spiro atoms. The number of H-pyrrole nitrogens is 1. The van der Waals surface area contributed by atoms with Gasteiger partial charge in [0.15, 0.2) is 0 Å². The Morgan fingerprint density at radius 1 is 1.62 bits per heavy atom. The molecule has 74 valence electrons. The van der Waals surface area contributed by atoms with Gasteiger partial charge in [0.1, 0.15) is 5.69 Å². The zero-order valence-electron chi connectivity index (χ0n) is 6.47. The average Bonchev–Trinajstić information content (AvgIpc) is 2.49. The molecular formula is C6H8F3N3O. The van der Waals surface area contributed by atoms with Crippen molar-refractivity contribution in [1.29, 1.82) is 0 Å². The van der Waals surface area contributed by atoms with Crippen molar-refractivity contribution in [2.45, 2.75) is 12.3 Å². The zero-order valence-corrected chi connectivity index (χ0v) is 6.47. The summed E-state index contributed by atoms with van der Waals surface area (Å²) >= 11 is 0. The van der Waals surface area contributed by atoms with E-state index in [1.165, 1.54) is 0 Å². The van der Waals surface area contributed by atoms with Crippen molar-refractivity contribution in [1.82, 2.24) is 10.2 Å². The van der Waals surface area contributed by atoms with E-state index in [1.807, 2.05) is 0 Å². The van der Waals surface area contributed by atoms with E-state index in [1.54, 1.807) is 5.10 Å². The minimum Gasteiger partial charge on any atom is -0.387 e. The molecule has 1 aromatic rings. The lowest BCUT2D eigenvalue weighted by molar-refractivity contribution is -0.142. The van der Waals surface area contributed by atoms with Crippen LogP contribution >= 0.6 is 0 Å². The average molecular weight is 195 g/mol. The van der Waals surface area contributed by atoms with Crippen LogP contribution in [0.3, 0.4) is 0 Å². The summed E-state index contributed by atoms with van der Waals surface area (Å²) < 4.78 is 36.5. The molecule has 0 radical (unpaired) electrons. The molecule has 4 N–H and O–H groups in total. The summed E-state index contributed by atoms with van der Waals surface area (Å²) in [6.07, 6.45) is -4.96. The Kier molecular flexibility index (Phi) is 2.58. The van der Waals surface area contributed by atoms with Crippen molar-refractivity contribution in [3.05, 3.63) is 17.5 Å². The number of aromatic nitrogens is 2. The molecule has 4 nitrogen and oxygen atoms in total. The number of aromatic amines is 1. The number of rotatable bonds is 2. The Hall–Kier alpha value is -1.08. The topological polar surface area (TPSA) is 74.9 Å². The summed E-state index contributed by atoms with van der Waals surface area (Å²) in [6.45, 7) is -0.275. The highest BCUT2D eigenvalue weighted by Gasteiger charge is 2.36. The molecule has 1 heterocycles. The van der Waals surface area contributed by atoms with Gasteiger partial charge in [0, 0.05) is 12.1 Å². The Balaban J connectivity index is 3.03. The van der Waals surface area contributed by atoms with Gasteiger partial charge >= 0.3 is 6.18 Å². The van der Waals surface area contributed by atoms with Gasteiger partial charge in [0.2, 0.25) is 0 Å². The van der Waals surface area contributed by atoms with Crippen molar-refractivity contribution in [2.24, 2.45) is 5.73 Å². The fraction of sp³-hybridized carbons (Fsp3) is 0.500. The highest BCUT2D eigenvalue weighted by atomic mass is 19.4. The van der Waals surface area contributed by atoms with Gasteiger partial charge in [-0.2, -0.15) is 18.3 Å². The largest absolute Gasteiger partial charge is 0.433 e. The van der Waals surface area contributed by atoms with Crippen LogP contribution in [0.4, 0.5) is 13.2 Å².